The Morgan fingerprint density at radius 1 is 1.10 bits per heavy atom. The lowest BCUT2D eigenvalue weighted by Gasteiger charge is -2.18. The fraction of sp³-hybridized carbons (Fsp3) is 0.333. The molecule has 3 rings (SSSR count). The van der Waals surface area contributed by atoms with Gasteiger partial charge in [-0.25, -0.2) is 0 Å². The molecule has 0 saturated carbocycles. The van der Waals surface area contributed by atoms with Crippen molar-refractivity contribution in [2.24, 2.45) is 0 Å². The van der Waals surface area contributed by atoms with Crippen LogP contribution >= 0.6 is 11.8 Å². The van der Waals surface area contributed by atoms with E-state index in [2.05, 4.69) is 10.6 Å². The highest BCUT2D eigenvalue weighted by Crippen LogP contribution is 2.34. The van der Waals surface area contributed by atoms with Crippen LogP contribution in [0.25, 0.3) is 0 Å². The number of hydrogen-bond donors (Lipinski definition) is 3. The van der Waals surface area contributed by atoms with E-state index in [9.17, 15) is 9.59 Å². The first kappa shape index (κ1) is 21.0. The van der Waals surface area contributed by atoms with Gasteiger partial charge in [0.05, 0.1) is 18.8 Å². The topological polar surface area (TPSA) is 81.1 Å². The molecule has 1 heterocycles. The van der Waals surface area contributed by atoms with E-state index in [1.165, 1.54) is 0 Å². The van der Waals surface area contributed by atoms with Crippen molar-refractivity contribution in [1.29, 1.82) is 0 Å². The third kappa shape index (κ3) is 5.65. The summed E-state index contributed by atoms with van der Waals surface area (Å²) in [4.78, 5) is 26.5. The minimum atomic E-state index is -0.174. The van der Waals surface area contributed by atoms with Crippen molar-refractivity contribution >= 4 is 29.3 Å². The normalized spacial score (nSPS) is 14.2. The van der Waals surface area contributed by atoms with Crippen molar-refractivity contribution in [2.75, 3.05) is 38.5 Å². The van der Waals surface area contributed by atoms with Gasteiger partial charge in [0.15, 0.2) is 24.6 Å². The quantitative estimate of drug-likeness (QED) is 0.568. The number of ether oxygens (including phenoxy) is 2. The maximum atomic E-state index is 12.4. The molecule has 1 unspecified atom stereocenters. The summed E-state index contributed by atoms with van der Waals surface area (Å²) in [6, 6.07) is 13.1. The summed E-state index contributed by atoms with van der Waals surface area (Å²) in [6.45, 7) is 2.54. The van der Waals surface area contributed by atoms with Crippen LogP contribution in [0, 0.1) is 0 Å². The van der Waals surface area contributed by atoms with Gasteiger partial charge in [-0.15, -0.1) is 11.8 Å². The molecule has 2 aromatic carbocycles. The van der Waals surface area contributed by atoms with Crippen molar-refractivity contribution in [3.8, 4) is 11.5 Å². The number of fused-ring (bicyclic) bond motifs is 1. The molecule has 2 aromatic rings. The van der Waals surface area contributed by atoms with Crippen molar-refractivity contribution in [3.63, 3.8) is 0 Å². The molecule has 0 aliphatic carbocycles. The summed E-state index contributed by atoms with van der Waals surface area (Å²) in [6.07, 6.45) is 1.97. The van der Waals surface area contributed by atoms with Crippen molar-refractivity contribution in [3.05, 3.63) is 48.0 Å². The van der Waals surface area contributed by atoms with Crippen LogP contribution in [-0.4, -0.2) is 45.0 Å². The molecule has 0 radical (unpaired) electrons. The lowest BCUT2D eigenvalue weighted by Crippen LogP contribution is -3.11. The highest BCUT2D eigenvalue weighted by atomic mass is 32.2. The Labute approximate surface area is 174 Å². The highest BCUT2D eigenvalue weighted by molar-refractivity contribution is 7.98. The Balaban J connectivity index is 1.48. The van der Waals surface area contributed by atoms with Crippen molar-refractivity contribution in [2.45, 2.75) is 17.9 Å². The molecular formula is C21H26N3O4S+. The predicted octanol–water partition coefficient (Wildman–Crippen LogP) is 1.47. The predicted molar refractivity (Wildman–Crippen MR) is 113 cm³/mol. The van der Waals surface area contributed by atoms with E-state index in [0.717, 1.165) is 21.0 Å². The summed E-state index contributed by atoms with van der Waals surface area (Å²) in [7, 11) is 1.82. The van der Waals surface area contributed by atoms with Crippen LogP contribution in [0.2, 0.25) is 0 Å². The number of amides is 2. The van der Waals surface area contributed by atoms with E-state index >= 15 is 0 Å². The van der Waals surface area contributed by atoms with Crippen LogP contribution < -0.4 is 25.0 Å². The van der Waals surface area contributed by atoms with E-state index < -0.39 is 0 Å². The van der Waals surface area contributed by atoms with Gasteiger partial charge in [0.1, 0.15) is 0 Å². The van der Waals surface area contributed by atoms with Crippen LogP contribution in [0.15, 0.2) is 47.4 Å². The summed E-state index contributed by atoms with van der Waals surface area (Å²) in [5.41, 5.74) is 1.73. The van der Waals surface area contributed by atoms with Crippen LogP contribution in [0.3, 0.4) is 0 Å². The number of hydrogen-bond acceptors (Lipinski definition) is 5. The lowest BCUT2D eigenvalue weighted by molar-refractivity contribution is -0.862. The number of nitrogens with one attached hydrogen (secondary N) is 3. The summed E-state index contributed by atoms with van der Waals surface area (Å²) in [5.74, 6) is 1.16. The summed E-state index contributed by atoms with van der Waals surface area (Å²) < 4.78 is 10.7. The molecule has 7 nitrogen and oxygen atoms in total. The van der Waals surface area contributed by atoms with Crippen LogP contribution in [0.4, 0.5) is 5.69 Å². The number of rotatable bonds is 8. The highest BCUT2D eigenvalue weighted by Gasteiger charge is 2.19. The van der Waals surface area contributed by atoms with E-state index in [0.29, 0.717) is 11.5 Å². The SMILES string of the molecule is CSc1ccccc1NC(=O)C[NH+](C)CC(=O)N[C@H](C)c1ccc2c(c1)OCO2. The fourth-order valence-electron chi connectivity index (χ4n) is 3.11. The van der Waals surface area contributed by atoms with Crippen LogP contribution in [0.1, 0.15) is 18.5 Å². The number of thioether (sulfide) groups is 1. The second-order valence-corrected chi connectivity index (χ2v) is 7.81. The number of para-hydroxylation sites is 1. The molecule has 2 atom stereocenters. The molecule has 1 aliphatic rings. The first-order valence-corrected chi connectivity index (χ1v) is 10.6. The molecule has 8 heteroatoms. The zero-order valence-corrected chi connectivity index (χ0v) is 17.6. The summed E-state index contributed by atoms with van der Waals surface area (Å²) >= 11 is 1.58. The smallest absolute Gasteiger partial charge is 0.279 e. The zero-order chi connectivity index (χ0) is 20.8. The van der Waals surface area contributed by atoms with Crippen LogP contribution in [0.5, 0.6) is 11.5 Å². The third-order valence-corrected chi connectivity index (χ3v) is 5.38. The second-order valence-electron chi connectivity index (χ2n) is 6.96. The van der Waals surface area contributed by atoms with E-state index in [-0.39, 0.29) is 37.7 Å². The number of anilines is 1. The van der Waals surface area contributed by atoms with Gasteiger partial charge in [-0.05, 0) is 43.0 Å². The Hall–Kier alpha value is -2.71. The number of carbonyl (C=O) groups is 2. The minimum absolute atomic E-state index is 0.120. The largest absolute Gasteiger partial charge is 0.454 e. The maximum absolute atomic E-state index is 12.4. The molecule has 0 saturated heterocycles. The van der Waals surface area contributed by atoms with Gasteiger partial charge in [-0.3, -0.25) is 9.59 Å². The monoisotopic (exact) mass is 416 g/mol. The van der Waals surface area contributed by atoms with E-state index in [1.54, 1.807) is 11.8 Å². The van der Waals surface area contributed by atoms with E-state index in [4.69, 9.17) is 9.47 Å². The molecule has 0 fully saturated rings. The Bertz CT molecular complexity index is 890. The van der Waals surface area contributed by atoms with E-state index in [1.807, 2.05) is 62.7 Å². The zero-order valence-electron chi connectivity index (χ0n) is 16.8. The Kier molecular flexibility index (Phi) is 7.00. The molecule has 154 valence electrons. The molecule has 0 bridgehead atoms. The Morgan fingerprint density at radius 3 is 2.62 bits per heavy atom. The fourth-order valence-corrected chi connectivity index (χ4v) is 3.66. The molecular weight excluding hydrogens is 390 g/mol. The third-order valence-electron chi connectivity index (χ3n) is 4.58. The molecule has 0 spiro atoms. The molecule has 29 heavy (non-hydrogen) atoms. The average molecular weight is 417 g/mol. The lowest BCUT2D eigenvalue weighted by atomic mass is 10.1. The number of likely N-dealkylation sites (N-methyl/N-ethyl adjacent to an activating group) is 1. The number of carbonyl (C=O) groups excluding carboxylic acids is 2. The average Bonchev–Trinajstić information content (AvgIpc) is 3.15. The Morgan fingerprint density at radius 2 is 1.83 bits per heavy atom. The van der Waals surface area contributed by atoms with Gasteiger partial charge in [-0.2, -0.15) is 0 Å². The standard InChI is InChI=1S/C21H25N3O4S/c1-14(15-8-9-17-18(10-15)28-13-27-17)22-20(25)11-24(2)12-21(26)23-16-6-4-5-7-19(16)29-3/h4-10,14H,11-13H2,1-3H3,(H,22,25)(H,23,26)/p+1/t14-/m1/s1. The van der Waals surface area contributed by atoms with Crippen molar-refractivity contribution < 1.29 is 24.0 Å². The van der Waals surface area contributed by atoms with Gasteiger partial charge in [0.2, 0.25) is 6.79 Å². The first-order valence-electron chi connectivity index (χ1n) is 9.39. The van der Waals surface area contributed by atoms with Gasteiger partial charge < -0.3 is 25.0 Å². The van der Waals surface area contributed by atoms with Gasteiger partial charge in [0, 0.05) is 4.90 Å². The number of quaternary nitrogens is 1. The number of benzene rings is 2. The van der Waals surface area contributed by atoms with Gasteiger partial charge in [-0.1, -0.05) is 18.2 Å². The molecule has 1 aliphatic heterocycles. The second kappa shape index (κ2) is 9.67. The maximum Gasteiger partial charge on any atom is 0.279 e. The minimum Gasteiger partial charge on any atom is -0.454 e. The molecule has 3 N–H and O–H groups in total. The molecule has 2 amide bonds. The van der Waals surface area contributed by atoms with Gasteiger partial charge in [0.25, 0.3) is 11.8 Å². The van der Waals surface area contributed by atoms with Gasteiger partial charge >= 0.3 is 0 Å². The first-order chi connectivity index (χ1) is 14.0. The van der Waals surface area contributed by atoms with Crippen LogP contribution in [-0.2, 0) is 9.59 Å². The van der Waals surface area contributed by atoms with Crippen molar-refractivity contribution in [1.82, 2.24) is 5.32 Å². The molecule has 0 aromatic heterocycles. The summed E-state index contributed by atoms with van der Waals surface area (Å²) in [5, 5.41) is 5.89.